The highest BCUT2D eigenvalue weighted by molar-refractivity contribution is 8.15. The van der Waals surface area contributed by atoms with Crippen LogP contribution in [0.5, 0.6) is 5.75 Å². The van der Waals surface area contributed by atoms with Gasteiger partial charge in [0, 0.05) is 12.4 Å². The zero-order valence-electron chi connectivity index (χ0n) is 11.8. The molecule has 0 spiro atoms. The average Bonchev–Trinajstić information content (AvgIpc) is 2.81. The summed E-state index contributed by atoms with van der Waals surface area (Å²) in [6.45, 7) is 2.51. The molecule has 1 aromatic carbocycles. The molecule has 0 aromatic heterocycles. The predicted octanol–water partition coefficient (Wildman–Crippen LogP) is 0.147. The molecule has 1 aromatic rings. The monoisotopic (exact) mass is 320 g/mol. The van der Waals surface area contributed by atoms with Gasteiger partial charge in [0.15, 0.2) is 5.17 Å². The average molecular weight is 320 g/mol. The standard InChI is InChI=1S/C14H15N3O4S/c1-2-21-10-5-3-9(4-6-10)8-15-17-14-16-13(20)11(22-14)7-12(18)19/h3-6,8,11H,2,7H2,1H3,(H,18,19)(H,16,17,20)/p-1/b15-8+/t11-/m0/s1. The number of amides is 1. The first-order valence-electron chi connectivity index (χ1n) is 6.59. The number of carbonyl (C=O) groups is 2. The van der Waals surface area contributed by atoms with E-state index in [1.807, 2.05) is 31.2 Å². The molecule has 1 N–H and O–H groups in total. The molecule has 2 rings (SSSR count). The second-order valence-electron chi connectivity index (χ2n) is 4.32. The summed E-state index contributed by atoms with van der Waals surface area (Å²) in [7, 11) is 0. The number of aliphatic carboxylic acids is 1. The highest BCUT2D eigenvalue weighted by Crippen LogP contribution is 2.21. The molecule has 116 valence electrons. The summed E-state index contributed by atoms with van der Waals surface area (Å²) in [6.07, 6.45) is 1.18. The summed E-state index contributed by atoms with van der Waals surface area (Å²) in [4.78, 5) is 22.0. The maximum Gasteiger partial charge on any atom is 0.239 e. The van der Waals surface area contributed by atoms with E-state index in [0.717, 1.165) is 23.1 Å². The fourth-order valence-corrected chi connectivity index (χ4v) is 2.61. The highest BCUT2D eigenvalue weighted by atomic mass is 32.2. The van der Waals surface area contributed by atoms with E-state index in [1.54, 1.807) is 0 Å². The molecule has 8 heteroatoms. The molecule has 1 amide bonds. The molecule has 1 aliphatic heterocycles. The van der Waals surface area contributed by atoms with Crippen molar-refractivity contribution in [1.82, 2.24) is 5.32 Å². The van der Waals surface area contributed by atoms with Gasteiger partial charge in [-0.2, -0.15) is 5.10 Å². The fourth-order valence-electron chi connectivity index (χ4n) is 1.70. The first-order chi connectivity index (χ1) is 10.6. The second kappa shape index (κ2) is 7.60. The number of carboxylic acid groups (broad SMARTS) is 1. The van der Waals surface area contributed by atoms with Crippen molar-refractivity contribution in [3.8, 4) is 5.75 Å². The van der Waals surface area contributed by atoms with Crippen molar-refractivity contribution in [2.45, 2.75) is 18.6 Å². The second-order valence-corrected chi connectivity index (χ2v) is 5.52. The molecule has 1 fully saturated rings. The molecule has 1 aliphatic rings. The number of carbonyl (C=O) groups excluding carboxylic acids is 2. The Hall–Kier alpha value is -2.35. The van der Waals surface area contributed by atoms with Gasteiger partial charge in [0.1, 0.15) is 5.75 Å². The van der Waals surface area contributed by atoms with Crippen molar-refractivity contribution < 1.29 is 19.4 Å². The van der Waals surface area contributed by atoms with E-state index in [2.05, 4.69) is 15.5 Å². The molecule has 0 saturated carbocycles. The van der Waals surface area contributed by atoms with Crippen LogP contribution in [-0.4, -0.2) is 35.1 Å². The smallest absolute Gasteiger partial charge is 0.239 e. The van der Waals surface area contributed by atoms with E-state index in [9.17, 15) is 14.7 Å². The number of ether oxygens (including phenoxy) is 1. The van der Waals surface area contributed by atoms with Gasteiger partial charge in [-0.05, 0) is 36.8 Å². The number of nitrogens with zero attached hydrogens (tertiary/aromatic N) is 2. The molecule has 1 saturated heterocycles. The molecular weight excluding hydrogens is 306 g/mol. The van der Waals surface area contributed by atoms with Crippen molar-refractivity contribution in [2.24, 2.45) is 10.2 Å². The third kappa shape index (κ3) is 4.59. The van der Waals surface area contributed by atoms with Gasteiger partial charge in [-0.3, -0.25) is 4.79 Å². The Morgan fingerprint density at radius 1 is 1.45 bits per heavy atom. The zero-order valence-corrected chi connectivity index (χ0v) is 12.6. The summed E-state index contributed by atoms with van der Waals surface area (Å²) < 4.78 is 5.33. The first kappa shape index (κ1) is 16.0. The minimum Gasteiger partial charge on any atom is -0.550 e. The Kier molecular flexibility index (Phi) is 5.54. The Morgan fingerprint density at radius 3 is 2.82 bits per heavy atom. The lowest BCUT2D eigenvalue weighted by molar-refractivity contribution is -0.305. The Bertz CT molecular complexity index is 613. The zero-order chi connectivity index (χ0) is 15.9. The lowest BCUT2D eigenvalue weighted by Gasteiger charge is -2.04. The number of carboxylic acids is 1. The number of hydrogen-bond acceptors (Lipinski definition) is 7. The molecule has 0 bridgehead atoms. The quantitative estimate of drug-likeness (QED) is 0.593. The summed E-state index contributed by atoms with van der Waals surface area (Å²) >= 11 is 1.03. The molecule has 1 atom stereocenters. The van der Waals surface area contributed by atoms with Crippen LogP contribution in [0.2, 0.25) is 0 Å². The van der Waals surface area contributed by atoms with E-state index in [4.69, 9.17) is 4.74 Å². The van der Waals surface area contributed by atoms with Gasteiger partial charge in [0.05, 0.1) is 18.1 Å². The molecule has 0 aliphatic carbocycles. The van der Waals surface area contributed by atoms with Crippen LogP contribution in [0.15, 0.2) is 34.5 Å². The minimum absolute atomic E-state index is 0.276. The van der Waals surface area contributed by atoms with Crippen molar-refractivity contribution in [1.29, 1.82) is 0 Å². The lowest BCUT2D eigenvalue weighted by Crippen LogP contribution is -2.31. The van der Waals surface area contributed by atoms with Crippen LogP contribution in [0.25, 0.3) is 0 Å². The SMILES string of the molecule is CCOc1ccc(/C=N/N=C2\NC(=O)[C@H](CC(=O)[O-])S2)cc1. The van der Waals surface area contributed by atoms with Crippen LogP contribution in [0, 0.1) is 0 Å². The lowest BCUT2D eigenvalue weighted by atomic mass is 10.2. The van der Waals surface area contributed by atoms with Crippen LogP contribution in [0.1, 0.15) is 18.9 Å². The fraction of sp³-hybridized carbons (Fsp3) is 0.286. The van der Waals surface area contributed by atoms with E-state index < -0.39 is 17.1 Å². The van der Waals surface area contributed by atoms with Crippen LogP contribution in [-0.2, 0) is 9.59 Å². The number of rotatable bonds is 6. The maximum absolute atomic E-state index is 11.5. The summed E-state index contributed by atoms with van der Waals surface area (Å²) in [6, 6.07) is 7.29. The van der Waals surface area contributed by atoms with Crippen molar-refractivity contribution in [3.63, 3.8) is 0 Å². The van der Waals surface area contributed by atoms with E-state index in [1.165, 1.54) is 6.21 Å². The van der Waals surface area contributed by atoms with E-state index in [-0.39, 0.29) is 11.6 Å². The van der Waals surface area contributed by atoms with Crippen LogP contribution < -0.4 is 15.2 Å². The molecule has 0 radical (unpaired) electrons. The predicted molar refractivity (Wildman–Crippen MR) is 81.8 cm³/mol. The first-order valence-corrected chi connectivity index (χ1v) is 7.47. The molecular formula is C14H14N3O4S-. The van der Waals surface area contributed by atoms with Gasteiger partial charge in [-0.25, -0.2) is 0 Å². The van der Waals surface area contributed by atoms with Gasteiger partial charge >= 0.3 is 0 Å². The van der Waals surface area contributed by atoms with Gasteiger partial charge in [-0.15, -0.1) is 5.10 Å². The number of amidine groups is 1. The molecule has 1 heterocycles. The number of hydrogen-bond donors (Lipinski definition) is 1. The van der Waals surface area contributed by atoms with Gasteiger partial charge in [0.25, 0.3) is 0 Å². The van der Waals surface area contributed by atoms with Crippen molar-refractivity contribution in [2.75, 3.05) is 6.61 Å². The molecule has 0 unspecified atom stereocenters. The highest BCUT2D eigenvalue weighted by Gasteiger charge is 2.30. The Labute approximate surface area is 131 Å². The maximum atomic E-state index is 11.5. The third-order valence-electron chi connectivity index (χ3n) is 2.67. The van der Waals surface area contributed by atoms with Crippen LogP contribution in [0.4, 0.5) is 0 Å². The number of benzene rings is 1. The topological polar surface area (TPSA) is 103 Å². The number of thioether (sulfide) groups is 1. The summed E-state index contributed by atoms with van der Waals surface area (Å²) in [5.41, 5.74) is 0.827. The van der Waals surface area contributed by atoms with Gasteiger partial charge < -0.3 is 20.0 Å². The summed E-state index contributed by atoms with van der Waals surface area (Å²) in [5, 5.41) is 20.3. The number of nitrogens with one attached hydrogen (secondary N) is 1. The molecule has 7 nitrogen and oxygen atoms in total. The minimum atomic E-state index is -1.27. The van der Waals surface area contributed by atoms with Gasteiger partial charge in [0.2, 0.25) is 5.91 Å². The van der Waals surface area contributed by atoms with E-state index in [0.29, 0.717) is 6.61 Å². The van der Waals surface area contributed by atoms with Crippen LogP contribution >= 0.6 is 11.8 Å². The largest absolute Gasteiger partial charge is 0.550 e. The van der Waals surface area contributed by atoms with Gasteiger partial charge in [-0.1, -0.05) is 11.8 Å². The Balaban J connectivity index is 1.94. The normalized spacial score (nSPS) is 19.6. The van der Waals surface area contributed by atoms with Crippen molar-refractivity contribution in [3.05, 3.63) is 29.8 Å². The Morgan fingerprint density at radius 2 is 2.18 bits per heavy atom. The summed E-state index contributed by atoms with van der Waals surface area (Å²) in [5.74, 6) is -0.897. The van der Waals surface area contributed by atoms with Crippen LogP contribution in [0.3, 0.4) is 0 Å². The van der Waals surface area contributed by atoms with E-state index >= 15 is 0 Å². The van der Waals surface area contributed by atoms with Crippen molar-refractivity contribution >= 4 is 35.0 Å². The molecule has 22 heavy (non-hydrogen) atoms. The third-order valence-corrected chi connectivity index (χ3v) is 3.75.